The Hall–Kier alpha value is -2.73. The predicted octanol–water partition coefficient (Wildman–Crippen LogP) is 0.823. The molecule has 0 radical (unpaired) electrons. The van der Waals surface area contributed by atoms with Gasteiger partial charge in [0.05, 0.1) is 30.9 Å². The Morgan fingerprint density at radius 1 is 1.30 bits per heavy atom. The second-order valence-corrected chi connectivity index (χ2v) is 7.43. The first-order valence-electron chi connectivity index (χ1n) is 7.73. The molecule has 1 heterocycles. The van der Waals surface area contributed by atoms with E-state index in [2.05, 4.69) is 4.74 Å². The number of rotatable bonds is 6. The molecule has 27 heavy (non-hydrogen) atoms. The van der Waals surface area contributed by atoms with Gasteiger partial charge in [0.25, 0.3) is 15.8 Å². The number of amides is 1. The fourth-order valence-corrected chi connectivity index (χ4v) is 3.25. The van der Waals surface area contributed by atoms with E-state index in [4.69, 9.17) is 8.92 Å². The average molecular weight is 402 g/mol. The van der Waals surface area contributed by atoms with Crippen LogP contribution in [-0.2, 0) is 35.2 Å². The molecular weight excluding hydrogens is 384 g/mol. The van der Waals surface area contributed by atoms with Crippen molar-refractivity contribution in [3.63, 3.8) is 0 Å². The van der Waals surface area contributed by atoms with E-state index in [-0.39, 0.29) is 25.3 Å². The van der Waals surface area contributed by atoms with Crippen molar-refractivity contribution >= 4 is 27.9 Å². The minimum atomic E-state index is -3.76. The zero-order valence-corrected chi connectivity index (χ0v) is 15.4. The summed E-state index contributed by atoms with van der Waals surface area (Å²) in [6.07, 6.45) is -0.929. The van der Waals surface area contributed by atoms with Crippen LogP contribution in [0.25, 0.3) is 0 Å². The SMILES string of the molecule is COC(=O)[C@H]1C[C@@H](OS(C)(=O)=O)CN1C(=O)OCc1ccc([N+](=O)[O-])cc1. The summed E-state index contributed by atoms with van der Waals surface area (Å²) < 4.78 is 37.2. The van der Waals surface area contributed by atoms with E-state index >= 15 is 0 Å². The number of esters is 1. The number of hydrogen-bond acceptors (Lipinski definition) is 9. The van der Waals surface area contributed by atoms with Gasteiger partial charge in [-0.2, -0.15) is 8.42 Å². The van der Waals surface area contributed by atoms with Crippen molar-refractivity contribution in [3.05, 3.63) is 39.9 Å². The molecule has 0 unspecified atom stereocenters. The molecule has 1 aromatic rings. The zero-order chi connectivity index (χ0) is 20.2. The molecule has 1 aliphatic heterocycles. The number of nitro benzene ring substituents is 1. The summed E-state index contributed by atoms with van der Waals surface area (Å²) in [7, 11) is -2.62. The Bertz CT molecular complexity index is 822. The summed E-state index contributed by atoms with van der Waals surface area (Å²) in [5.74, 6) is -0.720. The number of carbonyl (C=O) groups is 2. The average Bonchev–Trinajstić information content (AvgIpc) is 3.01. The second-order valence-electron chi connectivity index (χ2n) is 5.83. The molecule has 0 bridgehead atoms. The molecule has 1 amide bonds. The maximum absolute atomic E-state index is 12.3. The van der Waals surface area contributed by atoms with E-state index in [1.54, 1.807) is 0 Å². The fraction of sp³-hybridized carbons (Fsp3) is 0.467. The summed E-state index contributed by atoms with van der Waals surface area (Å²) in [5.41, 5.74) is 0.405. The van der Waals surface area contributed by atoms with Gasteiger partial charge in [-0.1, -0.05) is 0 Å². The van der Waals surface area contributed by atoms with Gasteiger partial charge in [-0.15, -0.1) is 0 Å². The van der Waals surface area contributed by atoms with Crippen LogP contribution in [0, 0.1) is 10.1 Å². The third-order valence-electron chi connectivity index (χ3n) is 3.79. The first kappa shape index (κ1) is 20.6. The minimum absolute atomic E-state index is 0.0492. The van der Waals surface area contributed by atoms with Crippen molar-refractivity contribution < 1.29 is 36.6 Å². The van der Waals surface area contributed by atoms with Crippen molar-refractivity contribution in [3.8, 4) is 0 Å². The summed E-state index contributed by atoms with van der Waals surface area (Å²) in [4.78, 5) is 35.3. The number of nitro groups is 1. The molecule has 0 saturated carbocycles. The van der Waals surface area contributed by atoms with Crippen molar-refractivity contribution in [2.45, 2.75) is 25.2 Å². The standard InChI is InChI=1S/C15H18N2O9S/c1-24-14(18)13-7-12(26-27(2,22)23)8-16(13)15(19)25-9-10-3-5-11(6-4-10)17(20)21/h3-6,12-13H,7-9H2,1-2H3/t12-,13-/m1/s1. The summed E-state index contributed by atoms with van der Waals surface area (Å²) in [5, 5.41) is 10.6. The Labute approximate surface area is 155 Å². The number of likely N-dealkylation sites (tertiary alicyclic amines) is 1. The molecule has 2 atom stereocenters. The quantitative estimate of drug-likeness (QED) is 0.292. The van der Waals surface area contributed by atoms with Gasteiger partial charge in [0, 0.05) is 18.6 Å². The predicted molar refractivity (Wildman–Crippen MR) is 90.1 cm³/mol. The molecule has 11 nitrogen and oxygen atoms in total. The molecule has 0 aromatic heterocycles. The highest BCUT2D eigenvalue weighted by molar-refractivity contribution is 7.86. The van der Waals surface area contributed by atoms with Crippen LogP contribution in [0.3, 0.4) is 0 Å². The summed E-state index contributed by atoms with van der Waals surface area (Å²) in [6, 6.07) is 4.37. The number of non-ortho nitro benzene ring substituents is 1. The van der Waals surface area contributed by atoms with Crippen LogP contribution < -0.4 is 0 Å². The van der Waals surface area contributed by atoms with Gasteiger partial charge in [-0.3, -0.25) is 19.2 Å². The molecule has 12 heteroatoms. The number of nitrogens with zero attached hydrogens (tertiary/aromatic N) is 2. The van der Waals surface area contributed by atoms with Crippen LogP contribution in [0.15, 0.2) is 24.3 Å². The second kappa shape index (κ2) is 8.31. The molecule has 1 aliphatic rings. The normalized spacial score (nSPS) is 19.6. The van der Waals surface area contributed by atoms with Gasteiger partial charge in [0.15, 0.2) is 0 Å². The Morgan fingerprint density at radius 3 is 2.44 bits per heavy atom. The monoisotopic (exact) mass is 402 g/mol. The van der Waals surface area contributed by atoms with Crippen molar-refractivity contribution in [1.29, 1.82) is 0 Å². The Balaban J connectivity index is 2.03. The van der Waals surface area contributed by atoms with Gasteiger partial charge in [-0.05, 0) is 17.7 Å². The minimum Gasteiger partial charge on any atom is -0.467 e. The van der Waals surface area contributed by atoms with E-state index in [9.17, 15) is 28.1 Å². The molecule has 1 fully saturated rings. The van der Waals surface area contributed by atoms with E-state index in [1.807, 2.05) is 0 Å². The Morgan fingerprint density at radius 2 is 1.93 bits per heavy atom. The molecule has 148 valence electrons. The molecule has 0 N–H and O–H groups in total. The lowest BCUT2D eigenvalue weighted by molar-refractivity contribution is -0.384. The molecule has 0 aliphatic carbocycles. The molecular formula is C15H18N2O9S. The largest absolute Gasteiger partial charge is 0.467 e. The molecule has 1 aromatic carbocycles. The highest BCUT2D eigenvalue weighted by Crippen LogP contribution is 2.24. The topological polar surface area (TPSA) is 142 Å². The van der Waals surface area contributed by atoms with Crippen molar-refractivity contribution in [2.75, 3.05) is 19.9 Å². The lowest BCUT2D eigenvalue weighted by Gasteiger charge is -2.21. The van der Waals surface area contributed by atoms with Gasteiger partial charge in [-0.25, -0.2) is 9.59 Å². The van der Waals surface area contributed by atoms with Gasteiger partial charge < -0.3 is 9.47 Å². The third-order valence-corrected chi connectivity index (χ3v) is 4.41. The molecule has 1 saturated heterocycles. The van der Waals surface area contributed by atoms with Gasteiger partial charge in [0.2, 0.25) is 0 Å². The van der Waals surface area contributed by atoms with E-state index in [1.165, 1.54) is 24.3 Å². The smallest absolute Gasteiger partial charge is 0.410 e. The lowest BCUT2D eigenvalue weighted by atomic mass is 10.2. The van der Waals surface area contributed by atoms with Crippen molar-refractivity contribution in [2.24, 2.45) is 0 Å². The zero-order valence-electron chi connectivity index (χ0n) is 14.6. The van der Waals surface area contributed by atoms with Crippen LogP contribution >= 0.6 is 0 Å². The van der Waals surface area contributed by atoms with Crippen LogP contribution in [-0.4, -0.2) is 62.4 Å². The highest BCUT2D eigenvalue weighted by atomic mass is 32.2. The van der Waals surface area contributed by atoms with Crippen LogP contribution in [0.5, 0.6) is 0 Å². The first-order valence-corrected chi connectivity index (χ1v) is 9.55. The number of methoxy groups -OCH3 is 1. The number of carbonyl (C=O) groups excluding carboxylic acids is 2. The maximum atomic E-state index is 12.3. The van der Waals surface area contributed by atoms with Crippen LogP contribution in [0.4, 0.5) is 10.5 Å². The molecule has 2 rings (SSSR count). The van der Waals surface area contributed by atoms with Gasteiger partial charge in [0.1, 0.15) is 12.6 Å². The van der Waals surface area contributed by atoms with Crippen molar-refractivity contribution in [1.82, 2.24) is 4.90 Å². The number of hydrogen-bond donors (Lipinski definition) is 0. The lowest BCUT2D eigenvalue weighted by Crippen LogP contribution is -2.41. The summed E-state index contributed by atoms with van der Waals surface area (Å²) >= 11 is 0. The van der Waals surface area contributed by atoms with E-state index in [0.29, 0.717) is 5.56 Å². The summed E-state index contributed by atoms with van der Waals surface area (Å²) in [6.45, 7) is -0.343. The van der Waals surface area contributed by atoms with E-state index in [0.717, 1.165) is 18.3 Å². The van der Waals surface area contributed by atoms with E-state index < -0.39 is 39.2 Å². The number of ether oxygens (including phenoxy) is 2. The first-order chi connectivity index (χ1) is 12.6. The maximum Gasteiger partial charge on any atom is 0.410 e. The van der Waals surface area contributed by atoms with Crippen LogP contribution in [0.2, 0.25) is 0 Å². The Kier molecular flexibility index (Phi) is 6.33. The fourth-order valence-electron chi connectivity index (χ4n) is 2.62. The molecule has 0 spiro atoms. The van der Waals surface area contributed by atoms with Crippen LogP contribution in [0.1, 0.15) is 12.0 Å². The highest BCUT2D eigenvalue weighted by Gasteiger charge is 2.43. The number of benzene rings is 1. The third kappa shape index (κ3) is 5.62. The van der Waals surface area contributed by atoms with Gasteiger partial charge >= 0.3 is 12.1 Å².